The minimum atomic E-state index is -4.37. The predicted octanol–water partition coefficient (Wildman–Crippen LogP) is 6.08. The van der Waals surface area contributed by atoms with Crippen molar-refractivity contribution in [3.63, 3.8) is 0 Å². The van der Waals surface area contributed by atoms with E-state index in [1.54, 1.807) is 24.3 Å². The van der Waals surface area contributed by atoms with E-state index in [4.69, 9.17) is 0 Å². The van der Waals surface area contributed by atoms with Crippen LogP contribution < -0.4 is 0 Å². The van der Waals surface area contributed by atoms with Crippen LogP contribution in [0.3, 0.4) is 0 Å². The lowest BCUT2D eigenvalue weighted by Gasteiger charge is -2.16. The monoisotopic (exact) mass is 308 g/mol. The topological polar surface area (TPSA) is 0 Å². The van der Waals surface area contributed by atoms with Gasteiger partial charge in [-0.25, -0.2) is 0 Å². The summed E-state index contributed by atoms with van der Waals surface area (Å²) in [4.78, 5) is 1.04. The van der Waals surface area contributed by atoms with Crippen molar-refractivity contribution < 1.29 is 13.2 Å². The molecule has 0 nitrogen and oxygen atoms in total. The molecule has 0 aromatic heterocycles. The lowest BCUT2D eigenvalue weighted by atomic mass is 10.0. The fourth-order valence-electron chi connectivity index (χ4n) is 2.00. The maximum Gasteiger partial charge on any atom is 0.417 e. The van der Waals surface area contributed by atoms with Gasteiger partial charge in [0.1, 0.15) is 0 Å². The summed E-state index contributed by atoms with van der Waals surface area (Å²) < 4.78 is 40.2. The van der Waals surface area contributed by atoms with Gasteiger partial charge in [0.25, 0.3) is 0 Å². The smallest absolute Gasteiger partial charge is 0.166 e. The van der Waals surface area contributed by atoms with Crippen molar-refractivity contribution in [2.24, 2.45) is 0 Å². The molecule has 2 rings (SSSR count). The summed E-state index contributed by atoms with van der Waals surface area (Å²) in [5, 5.41) is 0. The summed E-state index contributed by atoms with van der Waals surface area (Å²) in [6, 6.07) is 15.5. The van der Waals surface area contributed by atoms with Crippen LogP contribution >= 0.6 is 11.8 Å². The molecule has 4 heteroatoms. The summed E-state index contributed by atoms with van der Waals surface area (Å²) in [7, 11) is 0. The standard InChI is InChI=1S/C17H15F3S/c1-12-8-10-14(11-9-12)16(17(18,19)20)13(2)21-15-6-4-3-5-7-15/h3-11H,1-2H3/b16-13+. The van der Waals surface area contributed by atoms with Gasteiger partial charge in [-0.05, 0) is 36.4 Å². The average Bonchev–Trinajstić information content (AvgIpc) is 2.41. The van der Waals surface area contributed by atoms with E-state index in [0.717, 1.165) is 22.2 Å². The number of aryl methyl sites for hydroxylation is 1. The third-order valence-corrected chi connectivity index (χ3v) is 4.01. The molecule has 0 radical (unpaired) electrons. The Hall–Kier alpha value is -1.68. The van der Waals surface area contributed by atoms with Crippen molar-refractivity contribution in [2.45, 2.75) is 24.9 Å². The van der Waals surface area contributed by atoms with Crippen LogP contribution in [-0.2, 0) is 0 Å². The van der Waals surface area contributed by atoms with Gasteiger partial charge in [0, 0.05) is 4.90 Å². The van der Waals surface area contributed by atoms with Crippen molar-refractivity contribution in [1.82, 2.24) is 0 Å². The molecule has 0 saturated heterocycles. The first-order valence-corrected chi connectivity index (χ1v) is 7.27. The molecule has 0 heterocycles. The van der Waals surface area contributed by atoms with Crippen LogP contribution in [0.25, 0.3) is 5.57 Å². The average molecular weight is 308 g/mol. The van der Waals surface area contributed by atoms with Gasteiger partial charge >= 0.3 is 6.18 Å². The van der Waals surface area contributed by atoms with E-state index in [-0.39, 0.29) is 10.5 Å². The molecule has 0 aliphatic heterocycles. The molecule has 0 bridgehead atoms. The molecule has 0 aliphatic rings. The summed E-state index contributed by atoms with van der Waals surface area (Å²) >= 11 is 1.14. The van der Waals surface area contributed by atoms with Gasteiger partial charge in [-0.2, -0.15) is 13.2 Å². The van der Waals surface area contributed by atoms with Gasteiger partial charge in [0.15, 0.2) is 0 Å². The lowest BCUT2D eigenvalue weighted by molar-refractivity contribution is -0.0691. The molecule has 2 aromatic carbocycles. The summed E-state index contributed by atoms with van der Waals surface area (Å²) in [6.45, 7) is 3.37. The second kappa shape index (κ2) is 6.39. The third kappa shape index (κ3) is 4.14. The van der Waals surface area contributed by atoms with Crippen LogP contribution in [0, 0.1) is 6.92 Å². The third-order valence-electron chi connectivity index (χ3n) is 2.99. The Morgan fingerprint density at radius 3 is 2.00 bits per heavy atom. The second-order valence-electron chi connectivity index (χ2n) is 4.71. The van der Waals surface area contributed by atoms with E-state index in [1.807, 2.05) is 25.1 Å². The SMILES string of the molecule is C/C(Sc1ccccc1)=C(/c1ccc(C)cc1)C(F)(F)F. The first-order chi connectivity index (χ1) is 9.88. The van der Waals surface area contributed by atoms with E-state index < -0.39 is 11.7 Å². The Balaban J connectivity index is 2.44. The van der Waals surface area contributed by atoms with Crippen molar-refractivity contribution in [3.05, 3.63) is 70.6 Å². The van der Waals surface area contributed by atoms with Gasteiger partial charge < -0.3 is 0 Å². The maximum atomic E-state index is 13.4. The van der Waals surface area contributed by atoms with Gasteiger partial charge in [-0.15, -0.1) is 0 Å². The molecule has 0 fully saturated rings. The van der Waals surface area contributed by atoms with Crippen LogP contribution in [0.1, 0.15) is 18.1 Å². The van der Waals surface area contributed by atoms with Crippen molar-refractivity contribution in [1.29, 1.82) is 0 Å². The highest BCUT2D eigenvalue weighted by atomic mass is 32.2. The molecule has 0 unspecified atom stereocenters. The molecule has 0 aliphatic carbocycles. The molecule has 0 spiro atoms. The van der Waals surface area contributed by atoms with Crippen LogP contribution in [0.15, 0.2) is 64.4 Å². The Kier molecular flexibility index (Phi) is 4.78. The number of rotatable bonds is 3. The Labute approximate surface area is 126 Å². The number of hydrogen-bond donors (Lipinski definition) is 0. The first kappa shape index (κ1) is 15.7. The van der Waals surface area contributed by atoms with Gasteiger partial charge in [0.2, 0.25) is 0 Å². The molecule has 110 valence electrons. The van der Waals surface area contributed by atoms with E-state index in [9.17, 15) is 13.2 Å². The molecule has 0 saturated carbocycles. The number of hydrogen-bond acceptors (Lipinski definition) is 1. The van der Waals surface area contributed by atoms with Gasteiger partial charge in [-0.3, -0.25) is 0 Å². The van der Waals surface area contributed by atoms with Crippen LogP contribution in [0.2, 0.25) is 0 Å². The molecular formula is C17H15F3S. The maximum absolute atomic E-state index is 13.4. The van der Waals surface area contributed by atoms with Crippen LogP contribution in [0.5, 0.6) is 0 Å². The number of halogens is 3. The molecule has 0 amide bonds. The normalized spacial score (nSPS) is 13.0. The number of alkyl halides is 3. The largest absolute Gasteiger partial charge is 0.417 e. The highest BCUT2D eigenvalue weighted by Crippen LogP contribution is 2.41. The highest BCUT2D eigenvalue weighted by molar-refractivity contribution is 8.03. The van der Waals surface area contributed by atoms with Crippen molar-refractivity contribution in [3.8, 4) is 0 Å². The minimum Gasteiger partial charge on any atom is -0.166 e. The van der Waals surface area contributed by atoms with E-state index in [0.29, 0.717) is 0 Å². The summed E-state index contributed by atoms with van der Waals surface area (Å²) in [5.74, 6) is 0. The zero-order valence-electron chi connectivity index (χ0n) is 11.7. The van der Waals surface area contributed by atoms with E-state index in [2.05, 4.69) is 0 Å². The Morgan fingerprint density at radius 2 is 1.48 bits per heavy atom. The van der Waals surface area contributed by atoms with E-state index >= 15 is 0 Å². The first-order valence-electron chi connectivity index (χ1n) is 6.46. The molecule has 2 aromatic rings. The van der Waals surface area contributed by atoms with E-state index in [1.165, 1.54) is 19.1 Å². The number of allylic oxidation sites excluding steroid dienone is 2. The quantitative estimate of drug-likeness (QED) is 0.619. The molecular weight excluding hydrogens is 293 g/mol. The summed E-state index contributed by atoms with van der Waals surface area (Å²) in [6.07, 6.45) is -4.37. The molecule has 21 heavy (non-hydrogen) atoms. The van der Waals surface area contributed by atoms with Crippen molar-refractivity contribution >= 4 is 17.3 Å². The summed E-state index contributed by atoms with van der Waals surface area (Å²) in [5.41, 5.74) is 0.569. The van der Waals surface area contributed by atoms with Crippen molar-refractivity contribution in [2.75, 3.05) is 0 Å². The molecule has 0 N–H and O–H groups in total. The zero-order valence-corrected chi connectivity index (χ0v) is 12.6. The van der Waals surface area contributed by atoms with Gasteiger partial charge in [-0.1, -0.05) is 59.8 Å². The van der Waals surface area contributed by atoms with Crippen LogP contribution in [-0.4, -0.2) is 6.18 Å². The zero-order chi connectivity index (χ0) is 15.5. The fraction of sp³-hybridized carbons (Fsp3) is 0.176. The lowest BCUT2D eigenvalue weighted by Crippen LogP contribution is -2.12. The second-order valence-corrected chi connectivity index (χ2v) is 6.00. The minimum absolute atomic E-state index is 0.203. The number of benzene rings is 2. The van der Waals surface area contributed by atoms with Gasteiger partial charge in [0.05, 0.1) is 5.57 Å². The van der Waals surface area contributed by atoms with Crippen LogP contribution in [0.4, 0.5) is 13.2 Å². The molecule has 0 atom stereocenters. The fourth-order valence-corrected chi connectivity index (χ4v) is 2.99. The Bertz CT molecular complexity index is 625. The number of thioether (sulfide) groups is 1. The Morgan fingerprint density at radius 1 is 0.905 bits per heavy atom. The highest BCUT2D eigenvalue weighted by Gasteiger charge is 2.36. The predicted molar refractivity (Wildman–Crippen MR) is 82.1 cm³/mol.